The number of hydrogen-bond acceptors (Lipinski definition) is 4. The highest BCUT2D eigenvalue weighted by Gasteiger charge is 2.08. The van der Waals surface area contributed by atoms with E-state index in [1.54, 1.807) is 19.1 Å². The van der Waals surface area contributed by atoms with Crippen LogP contribution in [0.3, 0.4) is 0 Å². The van der Waals surface area contributed by atoms with Gasteiger partial charge in [-0.3, -0.25) is 0 Å². The van der Waals surface area contributed by atoms with E-state index in [-0.39, 0.29) is 23.9 Å². The van der Waals surface area contributed by atoms with Gasteiger partial charge in [0.2, 0.25) is 0 Å². The van der Waals surface area contributed by atoms with Gasteiger partial charge in [-0.15, -0.1) is 0 Å². The van der Waals surface area contributed by atoms with Gasteiger partial charge in [0.05, 0.1) is 12.4 Å². The number of phenols is 1. The molecule has 20 heavy (non-hydrogen) atoms. The Morgan fingerprint density at radius 3 is 2.45 bits per heavy atom. The van der Waals surface area contributed by atoms with E-state index in [0.717, 1.165) is 10.8 Å². The largest absolute Gasteiger partial charge is 0.504 e. The van der Waals surface area contributed by atoms with Gasteiger partial charge in [-0.2, -0.15) is 0 Å². The van der Waals surface area contributed by atoms with E-state index in [1.807, 2.05) is 24.3 Å². The van der Waals surface area contributed by atoms with E-state index in [9.17, 15) is 13.5 Å². The average molecular weight is 294 g/mol. The molecule has 108 valence electrons. The molecule has 0 radical (unpaired) electrons. The maximum absolute atomic E-state index is 11.3. The van der Waals surface area contributed by atoms with Gasteiger partial charge in [0, 0.05) is 5.75 Å². The molecule has 0 bridgehead atoms. The van der Waals surface area contributed by atoms with E-state index in [2.05, 4.69) is 0 Å². The Kier molecular flexibility index (Phi) is 4.49. The summed E-state index contributed by atoms with van der Waals surface area (Å²) >= 11 is 0. The topological polar surface area (TPSA) is 63.6 Å². The molecule has 0 saturated carbocycles. The van der Waals surface area contributed by atoms with Crippen molar-refractivity contribution in [2.24, 2.45) is 0 Å². The van der Waals surface area contributed by atoms with Gasteiger partial charge >= 0.3 is 0 Å². The molecule has 0 amide bonds. The van der Waals surface area contributed by atoms with Crippen molar-refractivity contribution in [3.8, 4) is 11.5 Å². The summed E-state index contributed by atoms with van der Waals surface area (Å²) in [6, 6.07) is 11.1. The summed E-state index contributed by atoms with van der Waals surface area (Å²) in [7, 11) is -2.96. The summed E-state index contributed by atoms with van der Waals surface area (Å²) < 4.78 is 28.2. The van der Waals surface area contributed by atoms with Crippen molar-refractivity contribution < 1.29 is 18.3 Å². The molecule has 4 nitrogen and oxygen atoms in total. The lowest BCUT2D eigenvalue weighted by Gasteiger charge is -2.09. The molecule has 0 heterocycles. The molecule has 0 atom stereocenters. The van der Waals surface area contributed by atoms with Crippen LogP contribution in [0.5, 0.6) is 11.5 Å². The first-order chi connectivity index (χ1) is 9.52. The number of fused-ring (bicyclic) bond motifs is 1. The van der Waals surface area contributed by atoms with Crippen molar-refractivity contribution in [1.29, 1.82) is 0 Å². The minimum Gasteiger partial charge on any atom is -0.504 e. The van der Waals surface area contributed by atoms with Gasteiger partial charge in [-0.1, -0.05) is 31.2 Å². The number of benzene rings is 2. The Balaban J connectivity index is 2.01. The Morgan fingerprint density at radius 1 is 1.15 bits per heavy atom. The fraction of sp³-hybridized carbons (Fsp3) is 0.333. The van der Waals surface area contributed by atoms with Gasteiger partial charge in [-0.25, -0.2) is 8.42 Å². The predicted molar refractivity (Wildman–Crippen MR) is 80.1 cm³/mol. The van der Waals surface area contributed by atoms with Gasteiger partial charge < -0.3 is 9.84 Å². The van der Waals surface area contributed by atoms with E-state index in [0.29, 0.717) is 12.2 Å². The quantitative estimate of drug-likeness (QED) is 0.832. The van der Waals surface area contributed by atoms with Crippen LogP contribution in [0.15, 0.2) is 36.4 Å². The van der Waals surface area contributed by atoms with Gasteiger partial charge in [0.25, 0.3) is 0 Å². The van der Waals surface area contributed by atoms with Crippen LogP contribution in [0.4, 0.5) is 0 Å². The van der Waals surface area contributed by atoms with Crippen molar-refractivity contribution in [3.05, 3.63) is 36.4 Å². The fourth-order valence-corrected chi connectivity index (χ4v) is 2.77. The van der Waals surface area contributed by atoms with Gasteiger partial charge in [-0.05, 0) is 29.3 Å². The van der Waals surface area contributed by atoms with Crippen molar-refractivity contribution in [2.45, 2.75) is 13.3 Å². The second-order valence-electron chi connectivity index (χ2n) is 4.61. The fourth-order valence-electron chi connectivity index (χ4n) is 1.93. The maximum Gasteiger partial charge on any atom is 0.161 e. The Labute approximate surface area is 118 Å². The van der Waals surface area contributed by atoms with Crippen LogP contribution in [-0.2, 0) is 9.84 Å². The van der Waals surface area contributed by atoms with Gasteiger partial charge in [0.15, 0.2) is 11.5 Å². The second kappa shape index (κ2) is 6.13. The molecule has 2 rings (SSSR count). The third kappa shape index (κ3) is 3.63. The molecule has 5 heteroatoms. The summed E-state index contributed by atoms with van der Waals surface area (Å²) in [5.41, 5.74) is 0. The summed E-state index contributed by atoms with van der Waals surface area (Å²) in [4.78, 5) is 0. The molecule has 2 aromatic carbocycles. The highest BCUT2D eigenvalue weighted by atomic mass is 32.2. The zero-order chi connectivity index (χ0) is 14.6. The van der Waals surface area contributed by atoms with Crippen LogP contribution in [0, 0.1) is 0 Å². The van der Waals surface area contributed by atoms with Crippen molar-refractivity contribution >= 4 is 20.6 Å². The zero-order valence-electron chi connectivity index (χ0n) is 11.4. The number of hydrogen-bond donors (Lipinski definition) is 1. The maximum atomic E-state index is 11.3. The summed E-state index contributed by atoms with van der Waals surface area (Å²) in [6.45, 7) is 1.90. The van der Waals surface area contributed by atoms with E-state index < -0.39 is 9.84 Å². The molecule has 0 aliphatic heterocycles. The summed E-state index contributed by atoms with van der Waals surface area (Å²) in [5, 5.41) is 11.8. The molecule has 0 aliphatic rings. The minimum absolute atomic E-state index is 0.0713. The number of phenolic OH excluding ortho intramolecular Hbond substituents is 1. The molecule has 0 aromatic heterocycles. The summed E-state index contributed by atoms with van der Waals surface area (Å²) in [5.74, 6) is 0.714. The molecular formula is C15H18O4S. The SMILES string of the molecule is CCS(=O)(=O)CCCOc1cc2ccccc2cc1O. The molecular weight excluding hydrogens is 276 g/mol. The Bertz CT molecular complexity index is 692. The van der Waals surface area contributed by atoms with Crippen LogP contribution in [-0.4, -0.2) is 31.6 Å². The lowest BCUT2D eigenvalue weighted by Crippen LogP contribution is -2.11. The van der Waals surface area contributed by atoms with E-state index >= 15 is 0 Å². The third-order valence-electron chi connectivity index (χ3n) is 3.12. The lowest BCUT2D eigenvalue weighted by molar-refractivity contribution is 0.300. The standard InChI is InChI=1S/C15H18O4S/c1-2-20(17,18)9-5-8-19-15-11-13-7-4-3-6-12(13)10-14(15)16/h3-4,6-7,10-11,16H,2,5,8-9H2,1H3. The number of ether oxygens (including phenoxy) is 1. The molecule has 0 aliphatic carbocycles. The predicted octanol–water partition coefficient (Wildman–Crippen LogP) is 2.75. The van der Waals surface area contributed by atoms with E-state index in [1.165, 1.54) is 0 Å². The number of aromatic hydroxyl groups is 1. The Morgan fingerprint density at radius 2 is 1.80 bits per heavy atom. The number of sulfone groups is 1. The highest BCUT2D eigenvalue weighted by Crippen LogP contribution is 2.31. The Hall–Kier alpha value is -1.75. The minimum atomic E-state index is -2.96. The van der Waals surface area contributed by atoms with Crippen LogP contribution in [0.1, 0.15) is 13.3 Å². The molecule has 2 aromatic rings. The van der Waals surface area contributed by atoms with Crippen molar-refractivity contribution in [1.82, 2.24) is 0 Å². The third-order valence-corrected chi connectivity index (χ3v) is 4.91. The molecule has 1 N–H and O–H groups in total. The molecule has 0 spiro atoms. The monoisotopic (exact) mass is 294 g/mol. The van der Waals surface area contributed by atoms with Crippen molar-refractivity contribution in [3.63, 3.8) is 0 Å². The van der Waals surface area contributed by atoms with Crippen LogP contribution in [0.25, 0.3) is 10.8 Å². The second-order valence-corrected chi connectivity index (χ2v) is 7.08. The van der Waals surface area contributed by atoms with Crippen LogP contribution in [0.2, 0.25) is 0 Å². The summed E-state index contributed by atoms with van der Waals surface area (Å²) in [6.07, 6.45) is 0.419. The van der Waals surface area contributed by atoms with Crippen LogP contribution >= 0.6 is 0 Å². The first-order valence-corrected chi connectivity index (χ1v) is 8.39. The normalized spacial score (nSPS) is 11.7. The van der Waals surface area contributed by atoms with E-state index in [4.69, 9.17) is 4.74 Å². The first-order valence-electron chi connectivity index (χ1n) is 6.57. The molecule has 0 unspecified atom stereocenters. The van der Waals surface area contributed by atoms with Crippen molar-refractivity contribution in [2.75, 3.05) is 18.1 Å². The number of rotatable bonds is 6. The average Bonchev–Trinajstić information content (AvgIpc) is 2.44. The van der Waals surface area contributed by atoms with Crippen LogP contribution < -0.4 is 4.74 Å². The first kappa shape index (κ1) is 14.7. The molecule has 0 fully saturated rings. The highest BCUT2D eigenvalue weighted by molar-refractivity contribution is 7.91. The molecule has 0 saturated heterocycles. The smallest absolute Gasteiger partial charge is 0.161 e. The lowest BCUT2D eigenvalue weighted by atomic mass is 10.1. The zero-order valence-corrected chi connectivity index (χ0v) is 12.2. The van der Waals surface area contributed by atoms with Gasteiger partial charge in [0.1, 0.15) is 9.84 Å².